The normalized spacial score (nSPS) is 18.9. The van der Waals surface area contributed by atoms with E-state index in [1.54, 1.807) is 16.0 Å². The van der Waals surface area contributed by atoms with E-state index in [2.05, 4.69) is 21.9 Å². The van der Waals surface area contributed by atoms with Gasteiger partial charge in [0.2, 0.25) is 0 Å². The molecule has 0 bridgehead atoms. The minimum absolute atomic E-state index is 0.0817. The summed E-state index contributed by atoms with van der Waals surface area (Å²) in [6.45, 7) is 6.04. The summed E-state index contributed by atoms with van der Waals surface area (Å²) in [6, 6.07) is 1.82. The maximum absolute atomic E-state index is 12.2. The minimum Gasteiger partial charge on any atom is -0.298 e. The van der Waals surface area contributed by atoms with Gasteiger partial charge in [-0.3, -0.25) is 9.69 Å². The fraction of sp³-hybridized carbons (Fsp3) is 0.611. The van der Waals surface area contributed by atoms with Gasteiger partial charge in [0.1, 0.15) is 0 Å². The second kappa shape index (κ2) is 6.76. The van der Waals surface area contributed by atoms with Crippen LogP contribution in [0.2, 0.25) is 0 Å². The van der Waals surface area contributed by atoms with Crippen LogP contribution in [0.5, 0.6) is 0 Å². The molecule has 128 valence electrons. The van der Waals surface area contributed by atoms with Crippen LogP contribution < -0.4 is 5.56 Å². The Morgan fingerprint density at radius 1 is 1.29 bits per heavy atom. The smallest absolute Gasteiger partial charge is 0.267 e. The molecule has 0 spiro atoms. The van der Waals surface area contributed by atoms with Crippen molar-refractivity contribution in [1.82, 2.24) is 19.7 Å². The summed E-state index contributed by atoms with van der Waals surface area (Å²) >= 11 is 1.79. The van der Waals surface area contributed by atoms with Crippen LogP contribution in [0.1, 0.15) is 40.4 Å². The number of hydrogen-bond acceptors (Lipinski definition) is 5. The molecule has 3 heterocycles. The van der Waals surface area contributed by atoms with E-state index in [1.807, 2.05) is 12.3 Å². The molecule has 0 aromatic carbocycles. The first-order valence-corrected chi connectivity index (χ1v) is 9.72. The number of aryl methyl sites for hydroxylation is 3. The van der Waals surface area contributed by atoms with Crippen molar-refractivity contribution in [1.29, 1.82) is 0 Å². The lowest BCUT2D eigenvalue weighted by atomic mass is 9.97. The van der Waals surface area contributed by atoms with Crippen LogP contribution in [-0.2, 0) is 25.9 Å². The summed E-state index contributed by atoms with van der Waals surface area (Å²) in [6.07, 6.45) is 7.48. The molecule has 0 N–H and O–H groups in total. The molecule has 4 rings (SSSR count). The highest BCUT2D eigenvalue weighted by Crippen LogP contribution is 2.23. The van der Waals surface area contributed by atoms with Gasteiger partial charge in [-0.15, -0.1) is 11.3 Å². The Hall–Kier alpha value is -1.53. The number of aromatic nitrogens is 3. The molecule has 1 aliphatic carbocycles. The van der Waals surface area contributed by atoms with E-state index < -0.39 is 0 Å². The van der Waals surface area contributed by atoms with Crippen LogP contribution in [0.25, 0.3) is 0 Å². The Morgan fingerprint density at radius 2 is 2.12 bits per heavy atom. The first-order chi connectivity index (χ1) is 11.7. The number of thiazole rings is 1. The fourth-order valence-electron chi connectivity index (χ4n) is 3.84. The number of nitrogens with zero attached hydrogens (tertiary/aromatic N) is 4. The van der Waals surface area contributed by atoms with Gasteiger partial charge in [0.05, 0.1) is 10.7 Å². The van der Waals surface area contributed by atoms with Crippen molar-refractivity contribution in [3.63, 3.8) is 0 Å². The topological polar surface area (TPSA) is 51.0 Å². The third-order valence-corrected chi connectivity index (χ3v) is 6.11. The number of likely N-dealkylation sites (tertiary alicyclic amines) is 1. The Bertz CT molecular complexity index is 774. The summed E-state index contributed by atoms with van der Waals surface area (Å²) in [5.41, 5.74) is 2.40. The van der Waals surface area contributed by atoms with Crippen LogP contribution in [0, 0.1) is 12.8 Å². The quantitative estimate of drug-likeness (QED) is 0.855. The van der Waals surface area contributed by atoms with E-state index >= 15 is 0 Å². The SMILES string of the molecule is Cc1ncc(CN2CCC(Cn3nc4c(cc3=O)CCC4)CC2)s1. The van der Waals surface area contributed by atoms with Crippen LogP contribution in [-0.4, -0.2) is 32.8 Å². The molecule has 2 aromatic heterocycles. The summed E-state index contributed by atoms with van der Waals surface area (Å²) in [5.74, 6) is 0.564. The van der Waals surface area contributed by atoms with E-state index in [0.29, 0.717) is 5.92 Å². The molecular weight excluding hydrogens is 320 g/mol. The average molecular weight is 344 g/mol. The molecule has 0 unspecified atom stereocenters. The van der Waals surface area contributed by atoms with Crippen LogP contribution >= 0.6 is 11.3 Å². The molecule has 5 nitrogen and oxygen atoms in total. The van der Waals surface area contributed by atoms with Crippen molar-refractivity contribution >= 4 is 11.3 Å². The largest absolute Gasteiger partial charge is 0.298 e. The van der Waals surface area contributed by atoms with Gasteiger partial charge in [0, 0.05) is 30.2 Å². The predicted octanol–water partition coefficient (Wildman–Crippen LogP) is 2.41. The highest BCUT2D eigenvalue weighted by molar-refractivity contribution is 7.11. The van der Waals surface area contributed by atoms with Gasteiger partial charge >= 0.3 is 0 Å². The van der Waals surface area contributed by atoms with E-state index in [4.69, 9.17) is 0 Å². The molecule has 0 saturated carbocycles. The van der Waals surface area contributed by atoms with E-state index in [-0.39, 0.29) is 5.56 Å². The average Bonchev–Trinajstić information content (AvgIpc) is 3.18. The van der Waals surface area contributed by atoms with E-state index in [1.165, 1.54) is 10.4 Å². The first-order valence-electron chi connectivity index (χ1n) is 8.91. The van der Waals surface area contributed by atoms with Gasteiger partial charge in [-0.2, -0.15) is 5.10 Å². The van der Waals surface area contributed by atoms with Crippen molar-refractivity contribution in [3.05, 3.63) is 43.8 Å². The Balaban J connectivity index is 1.34. The second-order valence-corrected chi connectivity index (χ2v) is 8.37. The zero-order chi connectivity index (χ0) is 16.5. The molecule has 1 saturated heterocycles. The van der Waals surface area contributed by atoms with Crippen molar-refractivity contribution in [2.24, 2.45) is 5.92 Å². The third kappa shape index (κ3) is 3.44. The maximum Gasteiger partial charge on any atom is 0.267 e. The lowest BCUT2D eigenvalue weighted by Crippen LogP contribution is -2.36. The zero-order valence-electron chi connectivity index (χ0n) is 14.2. The second-order valence-electron chi connectivity index (χ2n) is 7.06. The molecule has 0 radical (unpaired) electrons. The number of hydrogen-bond donors (Lipinski definition) is 0. The van der Waals surface area contributed by atoms with Crippen molar-refractivity contribution in [3.8, 4) is 0 Å². The highest BCUT2D eigenvalue weighted by atomic mass is 32.1. The molecule has 1 fully saturated rings. The van der Waals surface area contributed by atoms with Crippen LogP contribution in [0.4, 0.5) is 0 Å². The molecule has 2 aliphatic rings. The highest BCUT2D eigenvalue weighted by Gasteiger charge is 2.22. The molecular formula is C18H24N4OS. The van der Waals surface area contributed by atoms with Crippen molar-refractivity contribution in [2.45, 2.75) is 52.1 Å². The van der Waals surface area contributed by atoms with Gasteiger partial charge in [0.15, 0.2) is 0 Å². The lowest BCUT2D eigenvalue weighted by molar-refractivity contribution is 0.164. The summed E-state index contributed by atoms with van der Waals surface area (Å²) in [4.78, 5) is 20.4. The fourth-order valence-corrected chi connectivity index (χ4v) is 4.68. The Kier molecular flexibility index (Phi) is 4.50. The molecule has 6 heteroatoms. The monoisotopic (exact) mass is 344 g/mol. The molecule has 1 aliphatic heterocycles. The van der Waals surface area contributed by atoms with Crippen molar-refractivity contribution < 1.29 is 0 Å². The van der Waals surface area contributed by atoms with Gasteiger partial charge in [0.25, 0.3) is 5.56 Å². The molecule has 2 aromatic rings. The molecule has 24 heavy (non-hydrogen) atoms. The van der Waals surface area contributed by atoms with Gasteiger partial charge in [-0.1, -0.05) is 0 Å². The van der Waals surface area contributed by atoms with Crippen LogP contribution in [0.15, 0.2) is 17.1 Å². The van der Waals surface area contributed by atoms with E-state index in [9.17, 15) is 4.79 Å². The first kappa shape index (κ1) is 16.0. The zero-order valence-corrected chi connectivity index (χ0v) is 15.0. The summed E-state index contributed by atoms with van der Waals surface area (Å²) in [5, 5.41) is 5.76. The van der Waals surface area contributed by atoms with Crippen molar-refractivity contribution in [2.75, 3.05) is 13.1 Å². The van der Waals surface area contributed by atoms with Gasteiger partial charge in [-0.05, 0) is 63.6 Å². The number of rotatable bonds is 4. The number of fused-ring (bicyclic) bond motifs is 1. The summed E-state index contributed by atoms with van der Waals surface area (Å²) in [7, 11) is 0. The standard InChI is InChI=1S/C18H24N4OS/c1-13-19-10-16(24-13)12-21-7-5-14(6-8-21)11-22-18(23)9-15-3-2-4-17(15)20-22/h9-10,14H,2-8,11-12H2,1H3. The Labute approximate surface area is 146 Å². The van der Waals surface area contributed by atoms with Gasteiger partial charge < -0.3 is 0 Å². The van der Waals surface area contributed by atoms with E-state index in [0.717, 1.165) is 69.0 Å². The maximum atomic E-state index is 12.2. The molecule has 0 amide bonds. The third-order valence-electron chi connectivity index (χ3n) is 5.21. The van der Waals surface area contributed by atoms with Gasteiger partial charge in [-0.25, -0.2) is 9.67 Å². The minimum atomic E-state index is 0.0817. The lowest BCUT2D eigenvalue weighted by Gasteiger charge is -2.31. The molecule has 0 atom stereocenters. The Morgan fingerprint density at radius 3 is 2.88 bits per heavy atom. The number of piperidine rings is 1. The predicted molar refractivity (Wildman–Crippen MR) is 95.4 cm³/mol. The van der Waals surface area contributed by atoms with Crippen LogP contribution in [0.3, 0.4) is 0 Å². The summed E-state index contributed by atoms with van der Waals surface area (Å²) < 4.78 is 1.72.